The number of fused-ring (bicyclic) bond motifs is 1. The fourth-order valence-corrected chi connectivity index (χ4v) is 4.08. The summed E-state index contributed by atoms with van der Waals surface area (Å²) >= 11 is 0. The van der Waals surface area contributed by atoms with E-state index in [-0.39, 0.29) is 23.0 Å². The van der Waals surface area contributed by atoms with Crippen LogP contribution in [0.3, 0.4) is 0 Å². The van der Waals surface area contributed by atoms with Crippen LogP contribution in [0.4, 0.5) is 11.4 Å². The lowest BCUT2D eigenvalue weighted by atomic mass is 10.0. The second-order valence-electron chi connectivity index (χ2n) is 6.31. The molecule has 0 fully saturated rings. The first-order chi connectivity index (χ1) is 12.8. The Morgan fingerprint density at radius 2 is 1.85 bits per heavy atom. The van der Waals surface area contributed by atoms with Gasteiger partial charge in [-0.1, -0.05) is 12.1 Å². The lowest BCUT2D eigenvalue weighted by Gasteiger charge is -2.26. The summed E-state index contributed by atoms with van der Waals surface area (Å²) in [5, 5.41) is 10.6. The molecule has 9 heteroatoms. The van der Waals surface area contributed by atoms with Crippen molar-refractivity contribution in [2.75, 3.05) is 18.5 Å². The summed E-state index contributed by atoms with van der Waals surface area (Å²) in [5.74, 6) is 0.0133. The molecule has 0 atom stereocenters. The van der Waals surface area contributed by atoms with E-state index in [1.807, 2.05) is 0 Å². The van der Waals surface area contributed by atoms with E-state index in [4.69, 9.17) is 0 Å². The van der Waals surface area contributed by atoms with Crippen LogP contribution in [0.1, 0.15) is 17.5 Å². The number of nitro benzene ring substituents is 1. The highest BCUT2D eigenvalue weighted by Gasteiger charge is 2.23. The molecule has 1 aliphatic heterocycles. The van der Waals surface area contributed by atoms with E-state index in [0.29, 0.717) is 19.3 Å². The topological polar surface area (TPSA) is 110 Å². The van der Waals surface area contributed by atoms with Gasteiger partial charge in [0.25, 0.3) is 5.69 Å². The Hall–Kier alpha value is -2.78. The van der Waals surface area contributed by atoms with E-state index >= 15 is 0 Å². The molecule has 1 amide bonds. The number of nitrogens with one attached hydrogen (secondary N) is 1. The summed E-state index contributed by atoms with van der Waals surface area (Å²) in [6.07, 6.45) is 1.30. The van der Waals surface area contributed by atoms with Gasteiger partial charge < -0.3 is 4.90 Å². The molecule has 0 aromatic heterocycles. The molecule has 1 aliphatic rings. The molecule has 142 valence electrons. The van der Waals surface area contributed by atoms with Gasteiger partial charge in [0.05, 0.1) is 9.82 Å². The number of carbonyl (C=O) groups excluding carboxylic acids is 1. The van der Waals surface area contributed by atoms with Crippen LogP contribution in [-0.2, 0) is 27.7 Å². The first kappa shape index (κ1) is 19.0. The van der Waals surface area contributed by atoms with Gasteiger partial charge in [-0.15, -0.1) is 0 Å². The van der Waals surface area contributed by atoms with E-state index in [1.165, 1.54) is 23.1 Å². The predicted molar refractivity (Wildman–Crippen MR) is 100 cm³/mol. The third kappa shape index (κ3) is 4.15. The van der Waals surface area contributed by atoms with Gasteiger partial charge >= 0.3 is 0 Å². The molecular weight excluding hydrogens is 370 g/mol. The zero-order valence-corrected chi connectivity index (χ0v) is 15.5. The minimum Gasteiger partial charge on any atom is -0.315 e. The Labute approximate surface area is 157 Å². The zero-order valence-electron chi connectivity index (χ0n) is 14.7. The number of nitro groups is 1. The standard InChI is InChI=1S/C18H19N3O5S/c1-20-17-8-7-16(12-14(17)4-9-18(20)22)27(25,26)19-11-10-13-2-5-15(6-3-13)21(23)24/h2-3,5-8,12,19H,4,9-11H2,1H3. The fraction of sp³-hybridized carbons (Fsp3) is 0.278. The van der Waals surface area contributed by atoms with E-state index in [0.717, 1.165) is 16.8 Å². The molecule has 0 bridgehead atoms. The van der Waals surface area contributed by atoms with Crippen molar-refractivity contribution in [1.82, 2.24) is 4.72 Å². The van der Waals surface area contributed by atoms with Crippen molar-refractivity contribution in [3.8, 4) is 0 Å². The molecule has 1 N–H and O–H groups in total. The van der Waals surface area contributed by atoms with Crippen LogP contribution in [0, 0.1) is 10.1 Å². The smallest absolute Gasteiger partial charge is 0.269 e. The second-order valence-corrected chi connectivity index (χ2v) is 8.08. The van der Waals surface area contributed by atoms with Crippen LogP contribution < -0.4 is 9.62 Å². The third-order valence-corrected chi connectivity index (χ3v) is 6.02. The molecule has 0 aliphatic carbocycles. The van der Waals surface area contributed by atoms with Gasteiger partial charge in [0.1, 0.15) is 0 Å². The number of amides is 1. The molecule has 0 spiro atoms. The van der Waals surface area contributed by atoms with Gasteiger partial charge in [-0.2, -0.15) is 0 Å². The fourth-order valence-electron chi connectivity index (χ4n) is 3.00. The van der Waals surface area contributed by atoms with Crippen molar-refractivity contribution >= 4 is 27.3 Å². The normalized spacial score (nSPS) is 14.1. The van der Waals surface area contributed by atoms with Crippen molar-refractivity contribution < 1.29 is 18.1 Å². The molecule has 0 saturated heterocycles. The molecular formula is C18H19N3O5S. The Kier molecular flexibility index (Phi) is 5.24. The highest BCUT2D eigenvalue weighted by Crippen LogP contribution is 2.28. The van der Waals surface area contributed by atoms with E-state index < -0.39 is 14.9 Å². The monoisotopic (exact) mass is 389 g/mol. The first-order valence-electron chi connectivity index (χ1n) is 8.40. The molecule has 8 nitrogen and oxygen atoms in total. The van der Waals surface area contributed by atoms with Gasteiger partial charge in [-0.05, 0) is 42.2 Å². The quantitative estimate of drug-likeness (QED) is 0.600. The largest absolute Gasteiger partial charge is 0.315 e. The van der Waals surface area contributed by atoms with Crippen LogP contribution in [0.25, 0.3) is 0 Å². The second kappa shape index (κ2) is 7.45. The molecule has 0 radical (unpaired) electrons. The number of hydrogen-bond acceptors (Lipinski definition) is 5. The summed E-state index contributed by atoms with van der Waals surface area (Å²) in [4.78, 5) is 23.6. The number of carbonyl (C=O) groups is 1. The summed E-state index contributed by atoms with van der Waals surface area (Å²) in [6.45, 7) is 0.176. The Bertz CT molecular complexity index is 987. The highest BCUT2D eigenvalue weighted by molar-refractivity contribution is 7.89. The van der Waals surface area contributed by atoms with Crippen LogP contribution in [-0.4, -0.2) is 32.8 Å². The Balaban J connectivity index is 1.66. The number of aryl methyl sites for hydroxylation is 1. The molecule has 0 unspecified atom stereocenters. The number of benzene rings is 2. The predicted octanol–water partition coefficient (Wildman–Crippen LogP) is 2.02. The average Bonchev–Trinajstić information content (AvgIpc) is 2.65. The number of anilines is 1. The number of sulfonamides is 1. The minimum atomic E-state index is -3.68. The van der Waals surface area contributed by atoms with Crippen molar-refractivity contribution in [3.05, 3.63) is 63.7 Å². The zero-order chi connectivity index (χ0) is 19.6. The maximum atomic E-state index is 12.5. The van der Waals surface area contributed by atoms with E-state index in [2.05, 4.69) is 4.72 Å². The van der Waals surface area contributed by atoms with Crippen LogP contribution in [0.5, 0.6) is 0 Å². The maximum Gasteiger partial charge on any atom is 0.269 e. The van der Waals surface area contributed by atoms with Gasteiger partial charge in [0.2, 0.25) is 15.9 Å². The average molecular weight is 389 g/mol. The van der Waals surface area contributed by atoms with Gasteiger partial charge in [0.15, 0.2) is 0 Å². The molecule has 0 saturated carbocycles. The van der Waals surface area contributed by atoms with Gasteiger partial charge in [-0.25, -0.2) is 13.1 Å². The van der Waals surface area contributed by atoms with Crippen LogP contribution in [0.15, 0.2) is 47.4 Å². The van der Waals surface area contributed by atoms with Crippen molar-refractivity contribution in [2.45, 2.75) is 24.2 Å². The van der Waals surface area contributed by atoms with Crippen LogP contribution >= 0.6 is 0 Å². The lowest BCUT2D eigenvalue weighted by Crippen LogP contribution is -2.31. The van der Waals surface area contributed by atoms with Crippen molar-refractivity contribution in [1.29, 1.82) is 0 Å². The lowest BCUT2D eigenvalue weighted by molar-refractivity contribution is -0.384. The molecule has 27 heavy (non-hydrogen) atoms. The summed E-state index contributed by atoms with van der Waals surface area (Å²) in [7, 11) is -2.00. The van der Waals surface area contributed by atoms with E-state index in [1.54, 1.807) is 31.3 Å². The van der Waals surface area contributed by atoms with Gasteiger partial charge in [-0.3, -0.25) is 14.9 Å². The maximum absolute atomic E-state index is 12.5. The molecule has 1 heterocycles. The summed E-state index contributed by atoms with van der Waals surface area (Å²) in [6, 6.07) is 10.7. The first-order valence-corrected chi connectivity index (χ1v) is 9.89. The number of hydrogen-bond donors (Lipinski definition) is 1. The van der Waals surface area contributed by atoms with E-state index in [9.17, 15) is 23.3 Å². The third-order valence-electron chi connectivity index (χ3n) is 4.56. The molecule has 3 rings (SSSR count). The van der Waals surface area contributed by atoms with Crippen LogP contribution in [0.2, 0.25) is 0 Å². The van der Waals surface area contributed by atoms with Gasteiger partial charge in [0, 0.05) is 37.8 Å². The Morgan fingerprint density at radius 1 is 1.15 bits per heavy atom. The molecule has 2 aromatic carbocycles. The number of nitrogens with zero attached hydrogens (tertiary/aromatic N) is 2. The Morgan fingerprint density at radius 3 is 2.52 bits per heavy atom. The van der Waals surface area contributed by atoms with Crippen molar-refractivity contribution in [2.24, 2.45) is 0 Å². The minimum absolute atomic E-state index is 0.00293. The SMILES string of the molecule is CN1C(=O)CCc2cc(S(=O)(=O)NCCc3ccc([N+](=O)[O-])cc3)ccc21. The van der Waals surface area contributed by atoms with Crippen molar-refractivity contribution in [3.63, 3.8) is 0 Å². The number of non-ortho nitro benzene ring substituents is 1. The molecule has 2 aromatic rings. The highest BCUT2D eigenvalue weighted by atomic mass is 32.2. The summed E-state index contributed by atoms with van der Waals surface area (Å²) in [5.41, 5.74) is 2.36. The number of rotatable bonds is 6. The summed E-state index contributed by atoms with van der Waals surface area (Å²) < 4.78 is 27.6.